The third kappa shape index (κ3) is 4.13. The highest BCUT2D eigenvalue weighted by atomic mass is 19.4. The monoisotopic (exact) mass is 255 g/mol. The zero-order chi connectivity index (χ0) is 13.6. The van der Waals surface area contributed by atoms with Crippen molar-refractivity contribution in [1.82, 2.24) is 5.32 Å². The van der Waals surface area contributed by atoms with Crippen LogP contribution in [0, 0.1) is 11.8 Å². The summed E-state index contributed by atoms with van der Waals surface area (Å²) in [4.78, 5) is 11.5. The van der Waals surface area contributed by atoms with E-state index in [1.54, 1.807) is 6.92 Å². The van der Waals surface area contributed by atoms with Gasteiger partial charge in [-0.1, -0.05) is 0 Å². The number of carbonyl (C=O) groups is 1. The molecule has 0 saturated carbocycles. The highest BCUT2D eigenvalue weighted by Gasteiger charge is 2.30. The summed E-state index contributed by atoms with van der Waals surface area (Å²) < 4.78 is 36.9. The van der Waals surface area contributed by atoms with Crippen molar-refractivity contribution < 1.29 is 18.0 Å². The molecule has 0 aliphatic carbocycles. The van der Waals surface area contributed by atoms with Gasteiger partial charge in [0.1, 0.15) is 0 Å². The fraction of sp³-hybridized carbons (Fsp3) is 0.308. The molecule has 0 bridgehead atoms. The molecule has 0 fully saturated rings. The molecule has 96 valence electrons. The molecular weight excluding hydrogens is 243 g/mol. The van der Waals surface area contributed by atoms with Crippen molar-refractivity contribution in [2.24, 2.45) is 0 Å². The Kier molecular flexibility index (Phi) is 4.78. The predicted molar refractivity (Wildman–Crippen MR) is 61.8 cm³/mol. The van der Waals surface area contributed by atoms with Gasteiger partial charge >= 0.3 is 6.18 Å². The van der Waals surface area contributed by atoms with E-state index < -0.39 is 17.6 Å². The summed E-state index contributed by atoms with van der Waals surface area (Å²) in [6.45, 7) is 2.07. The first-order chi connectivity index (χ1) is 8.45. The van der Waals surface area contributed by atoms with E-state index in [1.807, 2.05) is 0 Å². The summed E-state index contributed by atoms with van der Waals surface area (Å²) >= 11 is 0. The number of hydrogen-bond acceptors (Lipinski definition) is 1. The second-order valence-corrected chi connectivity index (χ2v) is 3.51. The topological polar surface area (TPSA) is 29.1 Å². The third-order valence-electron chi connectivity index (χ3n) is 2.19. The molecule has 5 heteroatoms. The molecule has 0 saturated heterocycles. The molecule has 0 radical (unpaired) electrons. The van der Waals surface area contributed by atoms with Crippen molar-refractivity contribution in [2.75, 3.05) is 6.54 Å². The average molecular weight is 255 g/mol. The minimum absolute atomic E-state index is 0.201. The van der Waals surface area contributed by atoms with Crippen molar-refractivity contribution in [2.45, 2.75) is 19.5 Å². The van der Waals surface area contributed by atoms with E-state index in [0.717, 1.165) is 24.3 Å². The molecule has 1 amide bonds. The zero-order valence-corrected chi connectivity index (χ0v) is 9.77. The summed E-state index contributed by atoms with van der Waals surface area (Å²) in [5.74, 6) is 5.05. The SMILES string of the molecule is CC#CCCNC(=O)c1ccc(C(F)(F)F)cc1. The van der Waals surface area contributed by atoms with Gasteiger partial charge in [-0.25, -0.2) is 0 Å². The van der Waals surface area contributed by atoms with Crippen LogP contribution in [-0.4, -0.2) is 12.5 Å². The lowest BCUT2D eigenvalue weighted by atomic mass is 10.1. The van der Waals surface area contributed by atoms with Gasteiger partial charge in [0.25, 0.3) is 5.91 Å². The Hall–Kier alpha value is -1.96. The molecule has 0 aliphatic heterocycles. The van der Waals surface area contributed by atoms with E-state index in [2.05, 4.69) is 17.2 Å². The first kappa shape index (κ1) is 14.1. The molecule has 0 aromatic heterocycles. The molecule has 1 N–H and O–H groups in total. The maximum atomic E-state index is 12.3. The van der Waals surface area contributed by atoms with Crippen LogP contribution < -0.4 is 5.32 Å². The Balaban J connectivity index is 2.61. The number of carbonyl (C=O) groups excluding carboxylic acids is 1. The summed E-state index contributed by atoms with van der Waals surface area (Å²) in [5, 5.41) is 2.57. The van der Waals surface area contributed by atoms with Crippen LogP contribution in [0.15, 0.2) is 24.3 Å². The second-order valence-electron chi connectivity index (χ2n) is 3.51. The maximum absolute atomic E-state index is 12.3. The van der Waals surface area contributed by atoms with E-state index in [9.17, 15) is 18.0 Å². The normalized spacial score (nSPS) is 10.4. The number of benzene rings is 1. The summed E-state index contributed by atoms with van der Waals surface area (Å²) in [5.41, 5.74) is -0.566. The lowest BCUT2D eigenvalue weighted by Crippen LogP contribution is -2.24. The van der Waals surface area contributed by atoms with Crippen LogP contribution in [0.2, 0.25) is 0 Å². The lowest BCUT2D eigenvalue weighted by Gasteiger charge is -2.07. The molecule has 1 aromatic carbocycles. The van der Waals surface area contributed by atoms with Crippen LogP contribution in [0.5, 0.6) is 0 Å². The molecule has 0 aliphatic rings. The van der Waals surface area contributed by atoms with E-state index in [0.29, 0.717) is 13.0 Å². The van der Waals surface area contributed by atoms with Gasteiger partial charge in [0.2, 0.25) is 0 Å². The number of rotatable bonds is 3. The van der Waals surface area contributed by atoms with Crippen LogP contribution in [0.4, 0.5) is 13.2 Å². The highest BCUT2D eigenvalue weighted by molar-refractivity contribution is 5.94. The third-order valence-corrected chi connectivity index (χ3v) is 2.19. The highest BCUT2D eigenvalue weighted by Crippen LogP contribution is 2.28. The number of halogens is 3. The second kappa shape index (κ2) is 6.10. The van der Waals surface area contributed by atoms with Gasteiger partial charge in [-0.15, -0.1) is 11.8 Å². The number of nitrogens with one attached hydrogen (secondary N) is 1. The summed E-state index contributed by atoms with van der Waals surface area (Å²) in [6.07, 6.45) is -3.87. The average Bonchev–Trinajstić information content (AvgIpc) is 2.33. The Morgan fingerprint density at radius 3 is 2.39 bits per heavy atom. The number of hydrogen-bond donors (Lipinski definition) is 1. The smallest absolute Gasteiger partial charge is 0.351 e. The Morgan fingerprint density at radius 1 is 1.28 bits per heavy atom. The first-order valence-corrected chi connectivity index (χ1v) is 5.30. The zero-order valence-electron chi connectivity index (χ0n) is 9.77. The van der Waals surface area contributed by atoms with Crippen LogP contribution in [0.1, 0.15) is 29.3 Å². The van der Waals surface area contributed by atoms with E-state index in [1.165, 1.54) is 0 Å². The van der Waals surface area contributed by atoms with Gasteiger partial charge in [-0.05, 0) is 31.2 Å². The lowest BCUT2D eigenvalue weighted by molar-refractivity contribution is -0.137. The van der Waals surface area contributed by atoms with Gasteiger partial charge in [0, 0.05) is 18.5 Å². The van der Waals surface area contributed by atoms with Gasteiger partial charge in [-0.3, -0.25) is 4.79 Å². The molecule has 1 rings (SSSR count). The predicted octanol–water partition coefficient (Wildman–Crippen LogP) is 2.85. The van der Waals surface area contributed by atoms with Gasteiger partial charge in [-0.2, -0.15) is 13.2 Å². The van der Waals surface area contributed by atoms with Crippen LogP contribution in [0.25, 0.3) is 0 Å². The Labute approximate surface area is 103 Å². The minimum Gasteiger partial charge on any atom is -0.351 e. The molecular formula is C13H12F3NO. The summed E-state index contributed by atoms with van der Waals surface area (Å²) in [7, 11) is 0. The van der Waals surface area contributed by atoms with Crippen molar-refractivity contribution in [1.29, 1.82) is 0 Å². The molecule has 0 atom stereocenters. The van der Waals surface area contributed by atoms with Crippen LogP contribution >= 0.6 is 0 Å². The molecule has 18 heavy (non-hydrogen) atoms. The molecule has 0 unspecified atom stereocenters. The van der Waals surface area contributed by atoms with E-state index in [4.69, 9.17) is 0 Å². The van der Waals surface area contributed by atoms with Crippen LogP contribution in [-0.2, 0) is 6.18 Å². The van der Waals surface area contributed by atoms with Crippen molar-refractivity contribution >= 4 is 5.91 Å². The summed E-state index contributed by atoms with van der Waals surface area (Å²) in [6, 6.07) is 4.09. The fourth-order valence-corrected chi connectivity index (χ4v) is 1.28. The molecule has 0 spiro atoms. The van der Waals surface area contributed by atoms with Crippen molar-refractivity contribution in [3.8, 4) is 11.8 Å². The Bertz CT molecular complexity index is 466. The largest absolute Gasteiger partial charge is 0.416 e. The van der Waals surface area contributed by atoms with E-state index >= 15 is 0 Å². The standard InChI is InChI=1S/C13H12F3NO/c1-2-3-4-9-17-12(18)10-5-7-11(8-6-10)13(14,15)16/h5-8H,4,9H2,1H3,(H,17,18). The maximum Gasteiger partial charge on any atom is 0.416 e. The van der Waals surface area contributed by atoms with Crippen molar-refractivity contribution in [3.05, 3.63) is 35.4 Å². The number of alkyl halides is 3. The van der Waals surface area contributed by atoms with Crippen molar-refractivity contribution in [3.63, 3.8) is 0 Å². The van der Waals surface area contributed by atoms with Gasteiger partial charge in [0.05, 0.1) is 5.56 Å². The number of amides is 1. The Morgan fingerprint density at radius 2 is 1.89 bits per heavy atom. The quantitative estimate of drug-likeness (QED) is 0.653. The van der Waals surface area contributed by atoms with E-state index in [-0.39, 0.29) is 5.56 Å². The first-order valence-electron chi connectivity index (χ1n) is 5.30. The molecule has 0 heterocycles. The minimum atomic E-state index is -4.38. The van der Waals surface area contributed by atoms with Gasteiger partial charge in [0.15, 0.2) is 0 Å². The molecule has 2 nitrogen and oxygen atoms in total. The van der Waals surface area contributed by atoms with Crippen LogP contribution in [0.3, 0.4) is 0 Å². The fourth-order valence-electron chi connectivity index (χ4n) is 1.28. The molecule has 1 aromatic rings. The van der Waals surface area contributed by atoms with Gasteiger partial charge < -0.3 is 5.32 Å².